The molecule has 2 aromatic rings. The first-order chi connectivity index (χ1) is 14.3. The fourth-order valence-electron chi connectivity index (χ4n) is 3.67. The zero-order valence-corrected chi connectivity index (χ0v) is 16.9. The molecule has 7 heteroatoms. The molecule has 0 radical (unpaired) electrons. The fraction of sp³-hybridized carbons (Fsp3) is 0.304. The number of nitrogens with zero attached hydrogens (tertiary/aromatic N) is 2. The van der Waals surface area contributed by atoms with Gasteiger partial charge >= 0.3 is 0 Å². The highest BCUT2D eigenvalue weighted by molar-refractivity contribution is 6.09. The molecule has 0 aliphatic carbocycles. The predicted molar refractivity (Wildman–Crippen MR) is 112 cm³/mol. The van der Waals surface area contributed by atoms with Crippen LogP contribution in [-0.4, -0.2) is 33.2 Å². The maximum atomic E-state index is 12.9. The first-order valence-corrected chi connectivity index (χ1v) is 9.85. The molecule has 1 aliphatic rings. The van der Waals surface area contributed by atoms with Gasteiger partial charge in [0.15, 0.2) is 11.5 Å². The number of aliphatic hydroxyl groups excluding tert-OH is 1. The number of ketones is 1. The van der Waals surface area contributed by atoms with E-state index in [-0.39, 0.29) is 29.4 Å². The van der Waals surface area contributed by atoms with Gasteiger partial charge in [-0.1, -0.05) is 44.2 Å². The third-order valence-electron chi connectivity index (χ3n) is 5.10. The second-order valence-electron chi connectivity index (χ2n) is 7.77. The highest BCUT2D eigenvalue weighted by Gasteiger charge is 2.43. The lowest BCUT2D eigenvalue weighted by atomic mass is 9.92. The van der Waals surface area contributed by atoms with Crippen molar-refractivity contribution in [3.05, 3.63) is 87.2 Å². The zero-order chi connectivity index (χ0) is 21.8. The first-order valence-electron chi connectivity index (χ1n) is 9.85. The van der Waals surface area contributed by atoms with Gasteiger partial charge in [-0.2, -0.15) is 0 Å². The van der Waals surface area contributed by atoms with Crippen LogP contribution in [-0.2, 0) is 16.0 Å². The predicted octanol–water partition coefficient (Wildman–Crippen LogP) is 4.15. The summed E-state index contributed by atoms with van der Waals surface area (Å²) in [4.78, 5) is 37.7. The van der Waals surface area contributed by atoms with Crippen LogP contribution < -0.4 is 0 Å². The van der Waals surface area contributed by atoms with Gasteiger partial charge < -0.3 is 10.0 Å². The first kappa shape index (κ1) is 21.2. The van der Waals surface area contributed by atoms with E-state index in [4.69, 9.17) is 0 Å². The molecule has 0 bridgehead atoms. The minimum Gasteiger partial charge on any atom is -0.503 e. The fourth-order valence-corrected chi connectivity index (χ4v) is 3.67. The van der Waals surface area contributed by atoms with Crippen LogP contribution in [0.5, 0.6) is 0 Å². The molecule has 2 aromatic carbocycles. The van der Waals surface area contributed by atoms with E-state index in [1.165, 1.54) is 29.2 Å². The van der Waals surface area contributed by atoms with E-state index in [9.17, 15) is 24.8 Å². The minimum absolute atomic E-state index is 0.0591. The molecule has 0 saturated heterocycles. The summed E-state index contributed by atoms with van der Waals surface area (Å²) in [5.41, 5.74) is 1.56. The van der Waals surface area contributed by atoms with Crippen LogP contribution >= 0.6 is 0 Å². The Hall–Kier alpha value is -3.48. The number of nitro benzene ring substituents is 1. The molecule has 0 fully saturated rings. The molecule has 0 saturated carbocycles. The zero-order valence-electron chi connectivity index (χ0n) is 16.9. The van der Waals surface area contributed by atoms with Crippen molar-refractivity contribution in [2.75, 3.05) is 6.54 Å². The number of amides is 1. The van der Waals surface area contributed by atoms with Crippen molar-refractivity contribution in [1.82, 2.24) is 4.90 Å². The van der Waals surface area contributed by atoms with E-state index in [0.29, 0.717) is 18.5 Å². The quantitative estimate of drug-likeness (QED) is 0.522. The van der Waals surface area contributed by atoms with Crippen LogP contribution in [0.1, 0.15) is 37.4 Å². The van der Waals surface area contributed by atoms with E-state index in [1.54, 1.807) is 0 Å². The number of aliphatic hydroxyl groups is 1. The van der Waals surface area contributed by atoms with Crippen LogP contribution in [0.15, 0.2) is 65.9 Å². The topological polar surface area (TPSA) is 101 Å². The summed E-state index contributed by atoms with van der Waals surface area (Å²) in [6.07, 6.45) is 0.748. The minimum atomic E-state index is -0.770. The van der Waals surface area contributed by atoms with Gasteiger partial charge in [0.05, 0.1) is 16.5 Å². The van der Waals surface area contributed by atoms with Gasteiger partial charge in [0.25, 0.3) is 11.6 Å². The van der Waals surface area contributed by atoms with Crippen LogP contribution in [0, 0.1) is 16.0 Å². The highest BCUT2D eigenvalue weighted by atomic mass is 16.6. The molecule has 7 nitrogen and oxygen atoms in total. The summed E-state index contributed by atoms with van der Waals surface area (Å²) in [5, 5.41) is 21.5. The number of hydrogen-bond acceptors (Lipinski definition) is 5. The van der Waals surface area contributed by atoms with Gasteiger partial charge in [-0.05, 0) is 35.6 Å². The van der Waals surface area contributed by atoms with Crippen molar-refractivity contribution < 1.29 is 19.6 Å². The number of hydrogen-bond donors (Lipinski definition) is 1. The molecule has 30 heavy (non-hydrogen) atoms. The highest BCUT2D eigenvalue weighted by Crippen LogP contribution is 2.39. The average Bonchev–Trinajstić information content (AvgIpc) is 2.97. The summed E-state index contributed by atoms with van der Waals surface area (Å²) in [6.45, 7) is 4.08. The van der Waals surface area contributed by atoms with Gasteiger partial charge in [0, 0.05) is 25.1 Å². The smallest absolute Gasteiger partial charge is 0.290 e. The molecule has 1 heterocycles. The number of carbonyl (C=O) groups excluding carboxylic acids is 2. The Bertz CT molecular complexity index is 980. The molecular formula is C23H24N2O5. The number of non-ortho nitro benzene ring substituents is 1. The number of rotatable bonds is 8. The molecule has 1 N–H and O–H groups in total. The molecular weight excluding hydrogens is 384 g/mol. The molecule has 1 unspecified atom stereocenters. The van der Waals surface area contributed by atoms with E-state index >= 15 is 0 Å². The number of Topliss-reactive ketones (excluding diaryl/α,β-unsaturated/α-hetero) is 1. The van der Waals surface area contributed by atoms with Crippen LogP contribution in [0.4, 0.5) is 5.69 Å². The van der Waals surface area contributed by atoms with Gasteiger partial charge in [-0.25, -0.2) is 0 Å². The molecule has 3 rings (SSSR count). The second kappa shape index (κ2) is 8.90. The normalized spacial score (nSPS) is 16.4. The van der Waals surface area contributed by atoms with Gasteiger partial charge in [0.1, 0.15) is 0 Å². The van der Waals surface area contributed by atoms with Crippen LogP contribution in [0.2, 0.25) is 0 Å². The molecule has 1 atom stereocenters. The van der Waals surface area contributed by atoms with Crippen LogP contribution in [0.25, 0.3) is 0 Å². The van der Waals surface area contributed by atoms with E-state index < -0.39 is 22.6 Å². The largest absolute Gasteiger partial charge is 0.503 e. The Kier molecular flexibility index (Phi) is 6.30. The Morgan fingerprint density at radius 1 is 1.13 bits per heavy atom. The molecule has 156 valence electrons. The SMILES string of the molecule is CC(C)CC(=O)C1=C(O)C(=O)N(CCc2ccccc2)C1c1ccc([N+](=O)[O-])cc1. The van der Waals surface area contributed by atoms with Crippen molar-refractivity contribution >= 4 is 17.4 Å². The third-order valence-corrected chi connectivity index (χ3v) is 5.10. The van der Waals surface area contributed by atoms with Gasteiger partial charge in [-0.3, -0.25) is 19.7 Å². The summed E-state index contributed by atoms with van der Waals surface area (Å²) in [7, 11) is 0. The van der Waals surface area contributed by atoms with Gasteiger partial charge in [0.2, 0.25) is 0 Å². The average molecular weight is 408 g/mol. The number of benzene rings is 2. The van der Waals surface area contributed by atoms with Crippen molar-refractivity contribution in [2.45, 2.75) is 32.7 Å². The Balaban J connectivity index is 1.97. The van der Waals surface area contributed by atoms with Crippen molar-refractivity contribution in [3.8, 4) is 0 Å². The van der Waals surface area contributed by atoms with E-state index in [1.807, 2.05) is 44.2 Å². The standard InChI is InChI=1S/C23H24N2O5/c1-15(2)14-19(26)20-21(17-8-10-18(11-9-17)25(29)30)24(23(28)22(20)27)13-12-16-6-4-3-5-7-16/h3-11,15,21,27H,12-14H2,1-2H3. The maximum Gasteiger partial charge on any atom is 0.290 e. The molecule has 0 aromatic heterocycles. The summed E-state index contributed by atoms with van der Waals surface area (Å²) in [6, 6.07) is 14.6. The van der Waals surface area contributed by atoms with Crippen LogP contribution in [0.3, 0.4) is 0 Å². The van der Waals surface area contributed by atoms with Gasteiger partial charge in [-0.15, -0.1) is 0 Å². The lowest BCUT2D eigenvalue weighted by molar-refractivity contribution is -0.384. The van der Waals surface area contributed by atoms with Crippen molar-refractivity contribution in [1.29, 1.82) is 0 Å². The Morgan fingerprint density at radius 2 is 1.77 bits per heavy atom. The molecule has 1 amide bonds. The molecule has 1 aliphatic heterocycles. The number of nitro groups is 1. The Morgan fingerprint density at radius 3 is 2.33 bits per heavy atom. The second-order valence-corrected chi connectivity index (χ2v) is 7.77. The number of carbonyl (C=O) groups is 2. The van der Waals surface area contributed by atoms with E-state index in [2.05, 4.69) is 0 Å². The lowest BCUT2D eigenvalue weighted by Crippen LogP contribution is -2.33. The Labute approximate surface area is 174 Å². The van der Waals surface area contributed by atoms with Crippen molar-refractivity contribution in [2.24, 2.45) is 5.92 Å². The molecule has 0 spiro atoms. The van der Waals surface area contributed by atoms with Crippen molar-refractivity contribution in [3.63, 3.8) is 0 Å². The summed E-state index contributed by atoms with van der Waals surface area (Å²) < 4.78 is 0. The monoisotopic (exact) mass is 408 g/mol. The van der Waals surface area contributed by atoms with E-state index in [0.717, 1.165) is 5.56 Å². The lowest BCUT2D eigenvalue weighted by Gasteiger charge is -2.27. The summed E-state index contributed by atoms with van der Waals surface area (Å²) in [5.74, 6) is -1.36. The summed E-state index contributed by atoms with van der Waals surface area (Å²) >= 11 is 0. The third kappa shape index (κ3) is 4.40. The maximum absolute atomic E-state index is 12.9.